The van der Waals surface area contributed by atoms with Crippen molar-refractivity contribution >= 4 is 5.91 Å². The molecule has 2 rings (SSSR count). The average Bonchev–Trinajstić information content (AvgIpc) is 2.93. The number of nitrogens with zero attached hydrogens (tertiary/aromatic N) is 1. The van der Waals surface area contributed by atoms with Gasteiger partial charge >= 0.3 is 0 Å². The van der Waals surface area contributed by atoms with Gasteiger partial charge < -0.3 is 10.2 Å². The molecule has 0 saturated carbocycles. The van der Waals surface area contributed by atoms with E-state index in [0.717, 1.165) is 44.5 Å². The Morgan fingerprint density at radius 2 is 2.33 bits per heavy atom. The Morgan fingerprint density at radius 1 is 1.52 bits per heavy atom. The van der Waals surface area contributed by atoms with Crippen LogP contribution in [-0.4, -0.2) is 37.5 Å². The summed E-state index contributed by atoms with van der Waals surface area (Å²) in [5.74, 6) is 0.613. The summed E-state index contributed by atoms with van der Waals surface area (Å²) in [5.41, 5.74) is 0.962. The van der Waals surface area contributed by atoms with Crippen molar-refractivity contribution in [3.63, 3.8) is 0 Å². The molecule has 1 aliphatic heterocycles. The van der Waals surface area contributed by atoms with Crippen molar-refractivity contribution < 1.29 is 9.18 Å². The molecule has 3 nitrogen and oxygen atoms in total. The van der Waals surface area contributed by atoms with Crippen molar-refractivity contribution in [3.8, 4) is 0 Å². The molecule has 21 heavy (non-hydrogen) atoms. The van der Waals surface area contributed by atoms with E-state index in [-0.39, 0.29) is 17.6 Å². The second kappa shape index (κ2) is 7.55. The highest BCUT2D eigenvalue weighted by Gasteiger charge is 2.28. The number of carbonyl (C=O) groups is 1. The topological polar surface area (TPSA) is 32.3 Å². The van der Waals surface area contributed by atoms with E-state index in [4.69, 9.17) is 0 Å². The van der Waals surface area contributed by atoms with Gasteiger partial charge in [0.15, 0.2) is 0 Å². The predicted molar refractivity (Wildman–Crippen MR) is 82.5 cm³/mol. The molecule has 1 aromatic carbocycles. The molecule has 4 heteroatoms. The number of hydrogen-bond acceptors (Lipinski definition) is 2. The number of aryl methyl sites for hydroxylation is 1. The van der Waals surface area contributed by atoms with Gasteiger partial charge in [-0.2, -0.15) is 0 Å². The van der Waals surface area contributed by atoms with Gasteiger partial charge in [-0.3, -0.25) is 4.79 Å². The fourth-order valence-corrected chi connectivity index (χ4v) is 3.00. The molecule has 1 amide bonds. The Balaban J connectivity index is 1.80. The molecule has 0 radical (unpaired) electrons. The van der Waals surface area contributed by atoms with Crippen molar-refractivity contribution in [2.24, 2.45) is 11.8 Å². The summed E-state index contributed by atoms with van der Waals surface area (Å²) in [6, 6.07) is 6.64. The first-order chi connectivity index (χ1) is 10.1. The number of amides is 1. The number of hydrogen-bond donors (Lipinski definition) is 1. The smallest absolute Gasteiger partial charge is 0.225 e. The SMILES string of the molecule is CNCC1CCN(C(=O)C(C)CCc2cccc(F)c2)C1. The van der Waals surface area contributed by atoms with Crippen LogP contribution in [0.15, 0.2) is 24.3 Å². The lowest BCUT2D eigenvalue weighted by Gasteiger charge is -2.21. The Hall–Kier alpha value is -1.42. The summed E-state index contributed by atoms with van der Waals surface area (Å²) >= 11 is 0. The zero-order valence-electron chi connectivity index (χ0n) is 12.9. The number of benzene rings is 1. The van der Waals surface area contributed by atoms with Crippen LogP contribution in [0.1, 0.15) is 25.3 Å². The average molecular weight is 292 g/mol. The van der Waals surface area contributed by atoms with E-state index < -0.39 is 0 Å². The number of halogens is 1. The predicted octanol–water partition coefficient (Wildman–Crippen LogP) is 2.46. The second-order valence-electron chi connectivity index (χ2n) is 6.07. The maximum Gasteiger partial charge on any atom is 0.225 e. The van der Waals surface area contributed by atoms with Crippen LogP contribution in [0, 0.1) is 17.7 Å². The van der Waals surface area contributed by atoms with Crippen molar-refractivity contribution in [3.05, 3.63) is 35.6 Å². The maximum absolute atomic E-state index is 13.1. The van der Waals surface area contributed by atoms with Crippen molar-refractivity contribution in [1.29, 1.82) is 0 Å². The lowest BCUT2D eigenvalue weighted by atomic mass is 10.00. The van der Waals surface area contributed by atoms with E-state index in [2.05, 4.69) is 5.32 Å². The van der Waals surface area contributed by atoms with Gasteiger partial charge in [0.1, 0.15) is 5.82 Å². The van der Waals surface area contributed by atoms with Gasteiger partial charge in [-0.1, -0.05) is 19.1 Å². The summed E-state index contributed by atoms with van der Waals surface area (Å²) in [7, 11) is 1.95. The molecule has 0 bridgehead atoms. The van der Waals surface area contributed by atoms with Crippen LogP contribution in [0.2, 0.25) is 0 Å². The molecule has 1 aromatic rings. The van der Waals surface area contributed by atoms with Gasteiger partial charge in [-0.05, 0) is 56.5 Å². The maximum atomic E-state index is 13.1. The lowest BCUT2D eigenvalue weighted by molar-refractivity contribution is -0.134. The zero-order valence-corrected chi connectivity index (χ0v) is 12.9. The molecule has 2 unspecified atom stereocenters. The summed E-state index contributed by atoms with van der Waals surface area (Å²) in [4.78, 5) is 14.4. The Labute approximate surface area is 126 Å². The van der Waals surface area contributed by atoms with Crippen molar-refractivity contribution in [2.75, 3.05) is 26.7 Å². The largest absolute Gasteiger partial charge is 0.342 e. The second-order valence-corrected chi connectivity index (χ2v) is 6.07. The molecule has 1 heterocycles. The molecule has 2 atom stereocenters. The molecule has 1 fully saturated rings. The molecule has 0 aromatic heterocycles. The van der Waals surface area contributed by atoms with Crippen LogP contribution in [0.25, 0.3) is 0 Å². The first-order valence-electron chi connectivity index (χ1n) is 7.78. The van der Waals surface area contributed by atoms with Crippen LogP contribution >= 0.6 is 0 Å². The van der Waals surface area contributed by atoms with Gasteiger partial charge in [0.2, 0.25) is 5.91 Å². The minimum atomic E-state index is -0.207. The summed E-state index contributed by atoms with van der Waals surface area (Å²) in [6.45, 7) is 4.69. The van der Waals surface area contributed by atoms with Gasteiger partial charge in [-0.25, -0.2) is 4.39 Å². The fourth-order valence-electron chi connectivity index (χ4n) is 3.00. The Bertz CT molecular complexity index is 478. The molecule has 0 aliphatic carbocycles. The highest BCUT2D eigenvalue weighted by atomic mass is 19.1. The monoisotopic (exact) mass is 292 g/mol. The van der Waals surface area contributed by atoms with E-state index in [1.807, 2.05) is 24.9 Å². The van der Waals surface area contributed by atoms with Crippen LogP contribution in [0.3, 0.4) is 0 Å². The van der Waals surface area contributed by atoms with E-state index >= 15 is 0 Å². The Morgan fingerprint density at radius 3 is 3.05 bits per heavy atom. The first kappa shape index (κ1) is 16.0. The molecular weight excluding hydrogens is 267 g/mol. The lowest BCUT2D eigenvalue weighted by Crippen LogP contribution is -2.34. The highest BCUT2D eigenvalue weighted by Crippen LogP contribution is 2.20. The van der Waals surface area contributed by atoms with Crippen LogP contribution < -0.4 is 5.32 Å². The van der Waals surface area contributed by atoms with Gasteiger partial charge in [0, 0.05) is 19.0 Å². The number of rotatable bonds is 6. The van der Waals surface area contributed by atoms with E-state index in [9.17, 15) is 9.18 Å². The quantitative estimate of drug-likeness (QED) is 0.873. The normalized spacial score (nSPS) is 19.8. The summed E-state index contributed by atoms with van der Waals surface area (Å²) in [6.07, 6.45) is 2.61. The molecule has 1 N–H and O–H groups in total. The van der Waals surface area contributed by atoms with E-state index in [1.165, 1.54) is 6.07 Å². The van der Waals surface area contributed by atoms with E-state index in [0.29, 0.717) is 5.92 Å². The molecule has 0 spiro atoms. The zero-order chi connectivity index (χ0) is 15.2. The third-order valence-corrected chi connectivity index (χ3v) is 4.27. The summed E-state index contributed by atoms with van der Waals surface area (Å²) in [5, 5.41) is 3.18. The minimum Gasteiger partial charge on any atom is -0.342 e. The molecule has 116 valence electrons. The summed E-state index contributed by atoms with van der Waals surface area (Å²) < 4.78 is 13.1. The third-order valence-electron chi connectivity index (χ3n) is 4.27. The fraction of sp³-hybridized carbons (Fsp3) is 0.588. The Kier molecular flexibility index (Phi) is 5.74. The molecular formula is C17H25FN2O. The van der Waals surface area contributed by atoms with Gasteiger partial charge in [-0.15, -0.1) is 0 Å². The van der Waals surface area contributed by atoms with Crippen LogP contribution in [0.4, 0.5) is 4.39 Å². The number of nitrogens with one attached hydrogen (secondary N) is 1. The number of likely N-dealkylation sites (tertiary alicyclic amines) is 1. The van der Waals surface area contributed by atoms with Crippen LogP contribution in [-0.2, 0) is 11.2 Å². The number of carbonyl (C=O) groups excluding carboxylic acids is 1. The minimum absolute atomic E-state index is 0.00148. The third kappa shape index (κ3) is 4.53. The van der Waals surface area contributed by atoms with Crippen LogP contribution in [0.5, 0.6) is 0 Å². The first-order valence-corrected chi connectivity index (χ1v) is 7.78. The van der Waals surface area contributed by atoms with Crippen molar-refractivity contribution in [2.45, 2.75) is 26.2 Å². The molecule has 1 aliphatic rings. The van der Waals surface area contributed by atoms with Crippen molar-refractivity contribution in [1.82, 2.24) is 10.2 Å². The van der Waals surface area contributed by atoms with Gasteiger partial charge in [0.05, 0.1) is 0 Å². The molecule has 1 saturated heterocycles. The highest BCUT2D eigenvalue weighted by molar-refractivity contribution is 5.78. The van der Waals surface area contributed by atoms with Gasteiger partial charge in [0.25, 0.3) is 0 Å². The standard InChI is InChI=1S/C17H25FN2O/c1-13(6-7-14-4-3-5-16(18)10-14)17(21)20-9-8-15(12-20)11-19-2/h3-5,10,13,15,19H,6-9,11-12H2,1-2H3. The van der Waals surface area contributed by atoms with E-state index in [1.54, 1.807) is 12.1 Å².